The maximum Gasteiger partial charge on any atom is 0.184 e. The average Bonchev–Trinajstić information content (AvgIpc) is 2.70. The number of hydrogen-bond donors (Lipinski definition) is 2. The van der Waals surface area contributed by atoms with Crippen molar-refractivity contribution in [1.82, 2.24) is 4.98 Å². The number of aliphatic hydroxyl groups excluding tert-OH is 1. The summed E-state index contributed by atoms with van der Waals surface area (Å²) < 4.78 is 6.13. The summed E-state index contributed by atoms with van der Waals surface area (Å²) >= 11 is 1.58. The Hall–Kier alpha value is -1.17. The lowest BCUT2D eigenvalue weighted by atomic mass is 10.3. The van der Waals surface area contributed by atoms with E-state index in [1.54, 1.807) is 18.4 Å². The van der Waals surface area contributed by atoms with Crippen molar-refractivity contribution < 1.29 is 9.84 Å². The van der Waals surface area contributed by atoms with Crippen LogP contribution in [0.2, 0.25) is 0 Å². The van der Waals surface area contributed by atoms with E-state index in [0.29, 0.717) is 6.61 Å². The molecule has 0 amide bonds. The standard InChI is InChI=1S/C11H14N2O2S/c1-15-7-8(6-14)12-11-13-9-4-2-3-5-10(9)16-11/h2-5,8,14H,6-7H2,1H3,(H,12,13). The van der Waals surface area contributed by atoms with Gasteiger partial charge in [-0.05, 0) is 12.1 Å². The number of anilines is 1. The number of thiazole rings is 1. The lowest BCUT2D eigenvalue weighted by Crippen LogP contribution is -2.28. The van der Waals surface area contributed by atoms with Gasteiger partial charge in [0.25, 0.3) is 0 Å². The molecular formula is C11H14N2O2S. The summed E-state index contributed by atoms with van der Waals surface area (Å²) in [6.45, 7) is 0.496. The van der Waals surface area contributed by atoms with Crippen molar-refractivity contribution in [2.75, 3.05) is 25.6 Å². The van der Waals surface area contributed by atoms with E-state index < -0.39 is 0 Å². The molecule has 2 aromatic rings. The molecule has 0 aliphatic carbocycles. The van der Waals surface area contributed by atoms with Crippen LogP contribution >= 0.6 is 11.3 Å². The Labute approximate surface area is 97.9 Å². The fourth-order valence-electron chi connectivity index (χ4n) is 1.45. The molecule has 0 saturated carbocycles. The molecule has 1 unspecified atom stereocenters. The smallest absolute Gasteiger partial charge is 0.184 e. The maximum atomic E-state index is 9.13. The number of hydrogen-bond acceptors (Lipinski definition) is 5. The number of para-hydroxylation sites is 1. The number of aliphatic hydroxyl groups is 1. The molecule has 5 heteroatoms. The molecule has 1 atom stereocenters. The summed E-state index contributed by atoms with van der Waals surface area (Å²) in [6, 6.07) is 7.85. The summed E-state index contributed by atoms with van der Waals surface area (Å²) in [5.41, 5.74) is 0.976. The summed E-state index contributed by atoms with van der Waals surface area (Å²) in [5.74, 6) is 0. The van der Waals surface area contributed by atoms with Crippen LogP contribution < -0.4 is 5.32 Å². The first-order valence-electron chi connectivity index (χ1n) is 5.05. The van der Waals surface area contributed by atoms with Crippen molar-refractivity contribution in [2.24, 2.45) is 0 Å². The second kappa shape index (κ2) is 5.25. The van der Waals surface area contributed by atoms with Gasteiger partial charge >= 0.3 is 0 Å². The van der Waals surface area contributed by atoms with E-state index in [1.807, 2.05) is 24.3 Å². The Morgan fingerprint density at radius 3 is 3.00 bits per heavy atom. The third-order valence-corrected chi connectivity index (χ3v) is 3.18. The number of fused-ring (bicyclic) bond motifs is 1. The predicted molar refractivity (Wildman–Crippen MR) is 66.0 cm³/mol. The highest BCUT2D eigenvalue weighted by Crippen LogP contribution is 2.25. The normalized spacial score (nSPS) is 12.9. The molecular weight excluding hydrogens is 224 g/mol. The average molecular weight is 238 g/mol. The molecule has 0 aliphatic heterocycles. The molecule has 16 heavy (non-hydrogen) atoms. The van der Waals surface area contributed by atoms with Gasteiger partial charge in [-0.15, -0.1) is 0 Å². The van der Waals surface area contributed by atoms with Gasteiger partial charge in [0.2, 0.25) is 0 Å². The van der Waals surface area contributed by atoms with Crippen LogP contribution in [0.3, 0.4) is 0 Å². The zero-order valence-electron chi connectivity index (χ0n) is 9.01. The number of nitrogens with one attached hydrogen (secondary N) is 1. The molecule has 86 valence electrons. The van der Waals surface area contributed by atoms with Crippen molar-refractivity contribution in [2.45, 2.75) is 6.04 Å². The molecule has 2 N–H and O–H groups in total. The van der Waals surface area contributed by atoms with E-state index in [-0.39, 0.29) is 12.6 Å². The fourth-order valence-corrected chi connectivity index (χ4v) is 2.39. The van der Waals surface area contributed by atoms with Gasteiger partial charge in [-0.25, -0.2) is 4.98 Å². The molecule has 0 aliphatic rings. The quantitative estimate of drug-likeness (QED) is 0.832. The molecule has 0 saturated heterocycles. The van der Waals surface area contributed by atoms with E-state index in [9.17, 15) is 0 Å². The van der Waals surface area contributed by atoms with Crippen LogP contribution in [0.25, 0.3) is 10.2 Å². The Morgan fingerprint density at radius 1 is 1.50 bits per heavy atom. The molecule has 1 aromatic carbocycles. The van der Waals surface area contributed by atoms with Crippen molar-refractivity contribution >= 4 is 26.7 Å². The van der Waals surface area contributed by atoms with Crippen LogP contribution in [-0.4, -0.2) is 36.5 Å². The highest BCUT2D eigenvalue weighted by atomic mass is 32.1. The minimum Gasteiger partial charge on any atom is -0.394 e. The third-order valence-electron chi connectivity index (χ3n) is 2.21. The van der Waals surface area contributed by atoms with Crippen molar-refractivity contribution in [3.05, 3.63) is 24.3 Å². The van der Waals surface area contributed by atoms with Crippen LogP contribution in [0.5, 0.6) is 0 Å². The first-order valence-corrected chi connectivity index (χ1v) is 5.87. The Morgan fingerprint density at radius 2 is 2.31 bits per heavy atom. The van der Waals surface area contributed by atoms with Gasteiger partial charge in [-0.2, -0.15) is 0 Å². The van der Waals surface area contributed by atoms with E-state index in [1.165, 1.54) is 0 Å². The van der Waals surface area contributed by atoms with Gasteiger partial charge in [-0.3, -0.25) is 0 Å². The molecule has 1 aromatic heterocycles. The zero-order chi connectivity index (χ0) is 11.4. The van der Waals surface area contributed by atoms with Gasteiger partial charge in [0.05, 0.1) is 29.5 Å². The number of methoxy groups -OCH3 is 1. The van der Waals surface area contributed by atoms with Crippen LogP contribution in [-0.2, 0) is 4.74 Å². The van der Waals surface area contributed by atoms with Crippen molar-refractivity contribution in [1.29, 1.82) is 0 Å². The Bertz CT molecular complexity index is 425. The van der Waals surface area contributed by atoms with Gasteiger partial charge in [0.1, 0.15) is 0 Å². The summed E-state index contributed by atoms with van der Waals surface area (Å²) in [6.07, 6.45) is 0. The molecule has 0 bridgehead atoms. The largest absolute Gasteiger partial charge is 0.394 e. The number of benzene rings is 1. The molecule has 0 fully saturated rings. The molecule has 1 heterocycles. The van der Waals surface area contributed by atoms with E-state index >= 15 is 0 Å². The van der Waals surface area contributed by atoms with Crippen LogP contribution in [0.1, 0.15) is 0 Å². The van der Waals surface area contributed by atoms with E-state index in [0.717, 1.165) is 15.3 Å². The molecule has 2 rings (SSSR count). The SMILES string of the molecule is COCC(CO)Nc1nc2ccccc2s1. The first-order chi connectivity index (χ1) is 7.83. The summed E-state index contributed by atoms with van der Waals surface area (Å²) in [5, 5.41) is 13.1. The second-order valence-electron chi connectivity index (χ2n) is 3.47. The highest BCUT2D eigenvalue weighted by molar-refractivity contribution is 7.22. The van der Waals surface area contributed by atoms with Crippen molar-refractivity contribution in [3.63, 3.8) is 0 Å². The highest BCUT2D eigenvalue weighted by Gasteiger charge is 2.09. The molecule has 0 radical (unpaired) electrons. The number of nitrogens with zero attached hydrogens (tertiary/aromatic N) is 1. The summed E-state index contributed by atoms with van der Waals surface area (Å²) in [7, 11) is 1.61. The Balaban J connectivity index is 2.14. The monoisotopic (exact) mass is 238 g/mol. The lowest BCUT2D eigenvalue weighted by Gasteiger charge is -2.13. The van der Waals surface area contributed by atoms with Gasteiger partial charge in [0, 0.05) is 7.11 Å². The second-order valence-corrected chi connectivity index (χ2v) is 4.50. The van der Waals surface area contributed by atoms with Crippen LogP contribution in [0.15, 0.2) is 24.3 Å². The van der Waals surface area contributed by atoms with Crippen LogP contribution in [0, 0.1) is 0 Å². The van der Waals surface area contributed by atoms with Gasteiger partial charge in [0.15, 0.2) is 5.13 Å². The first kappa shape index (κ1) is 11.3. The van der Waals surface area contributed by atoms with Gasteiger partial charge in [-0.1, -0.05) is 23.5 Å². The number of rotatable bonds is 5. The topological polar surface area (TPSA) is 54.4 Å². The molecule has 4 nitrogen and oxygen atoms in total. The zero-order valence-corrected chi connectivity index (χ0v) is 9.83. The van der Waals surface area contributed by atoms with Crippen molar-refractivity contribution in [3.8, 4) is 0 Å². The van der Waals surface area contributed by atoms with E-state index in [2.05, 4.69) is 10.3 Å². The van der Waals surface area contributed by atoms with E-state index in [4.69, 9.17) is 9.84 Å². The maximum absolute atomic E-state index is 9.13. The lowest BCUT2D eigenvalue weighted by molar-refractivity contribution is 0.153. The third kappa shape index (κ3) is 2.49. The number of aromatic nitrogens is 1. The Kier molecular flexibility index (Phi) is 3.71. The van der Waals surface area contributed by atoms with Gasteiger partial charge < -0.3 is 15.2 Å². The minimum atomic E-state index is -0.106. The number of ether oxygens (including phenoxy) is 1. The fraction of sp³-hybridized carbons (Fsp3) is 0.364. The minimum absolute atomic E-state index is 0.0315. The molecule has 0 spiro atoms. The predicted octanol–water partition coefficient (Wildman–Crippen LogP) is 1.72. The summed E-state index contributed by atoms with van der Waals surface area (Å²) in [4.78, 5) is 4.42. The van der Waals surface area contributed by atoms with Crippen LogP contribution in [0.4, 0.5) is 5.13 Å².